The van der Waals surface area contributed by atoms with Crippen molar-refractivity contribution in [3.63, 3.8) is 0 Å². The van der Waals surface area contributed by atoms with E-state index >= 15 is 0 Å². The monoisotopic (exact) mass is 533 g/mol. The molecule has 10 heteroatoms. The lowest BCUT2D eigenvalue weighted by Gasteiger charge is -2.46. The summed E-state index contributed by atoms with van der Waals surface area (Å²) in [5.74, 6) is 1.27. The summed E-state index contributed by atoms with van der Waals surface area (Å²) in [5, 5.41) is 9.73. The van der Waals surface area contributed by atoms with Gasteiger partial charge in [0.25, 0.3) is 5.91 Å². The quantitative estimate of drug-likeness (QED) is 0.493. The number of para-hydroxylation sites is 1. The summed E-state index contributed by atoms with van der Waals surface area (Å²) < 4.78 is 5.99. The molecule has 0 radical (unpaired) electrons. The molecule has 4 aliphatic rings. The van der Waals surface area contributed by atoms with Crippen LogP contribution in [0.15, 0.2) is 59.1 Å². The van der Waals surface area contributed by atoms with Gasteiger partial charge in [0.1, 0.15) is 11.5 Å². The SMILES string of the molecule is Cc1cc(Oc2ccccc2)ccc1N1C(=O)NC2=C(C(=O)N[C@H]3CCCN(C=O)C3)SC3NCCC1C23. The Hall–Kier alpha value is -3.50. The summed E-state index contributed by atoms with van der Waals surface area (Å²) in [6, 6.07) is 15.0. The minimum absolute atomic E-state index is 0.00595. The number of nitrogens with zero attached hydrogens (tertiary/aromatic N) is 2. The molecule has 4 atom stereocenters. The molecule has 0 aromatic heterocycles. The number of ether oxygens (including phenoxy) is 1. The maximum absolute atomic E-state index is 13.5. The van der Waals surface area contributed by atoms with E-state index in [2.05, 4.69) is 16.0 Å². The van der Waals surface area contributed by atoms with Crippen LogP contribution >= 0.6 is 11.8 Å². The molecule has 4 heterocycles. The van der Waals surface area contributed by atoms with E-state index in [-0.39, 0.29) is 35.3 Å². The Morgan fingerprint density at radius 1 is 1.16 bits per heavy atom. The number of piperidine rings is 2. The number of amides is 4. The van der Waals surface area contributed by atoms with Crippen molar-refractivity contribution in [2.45, 2.75) is 43.6 Å². The first kappa shape index (κ1) is 24.8. The number of nitrogens with one attached hydrogen (secondary N) is 3. The summed E-state index contributed by atoms with van der Waals surface area (Å²) in [4.78, 5) is 42.2. The highest BCUT2D eigenvalue weighted by Crippen LogP contribution is 2.48. The van der Waals surface area contributed by atoms with E-state index in [9.17, 15) is 14.4 Å². The fourth-order valence-corrected chi connectivity index (χ4v) is 7.36. The van der Waals surface area contributed by atoms with E-state index < -0.39 is 0 Å². The van der Waals surface area contributed by atoms with Gasteiger partial charge in [-0.25, -0.2) is 4.79 Å². The molecule has 3 fully saturated rings. The number of hydrogen-bond acceptors (Lipinski definition) is 6. The second kappa shape index (κ2) is 10.3. The molecule has 2 aromatic carbocycles. The minimum atomic E-state index is -0.223. The van der Waals surface area contributed by atoms with Crippen LogP contribution in [-0.2, 0) is 9.59 Å². The van der Waals surface area contributed by atoms with E-state index in [1.54, 1.807) is 4.90 Å². The van der Waals surface area contributed by atoms with Crippen LogP contribution in [0.3, 0.4) is 0 Å². The van der Waals surface area contributed by atoms with Crippen molar-refractivity contribution in [2.24, 2.45) is 5.92 Å². The van der Waals surface area contributed by atoms with Gasteiger partial charge in [-0.2, -0.15) is 0 Å². The van der Waals surface area contributed by atoms with Gasteiger partial charge in [-0.3, -0.25) is 14.5 Å². The van der Waals surface area contributed by atoms with Crippen LogP contribution < -0.4 is 25.6 Å². The van der Waals surface area contributed by atoms with E-state index in [1.165, 1.54) is 11.8 Å². The fraction of sp³-hybridized carbons (Fsp3) is 0.393. The topological polar surface area (TPSA) is 103 Å². The van der Waals surface area contributed by atoms with E-state index in [0.29, 0.717) is 22.9 Å². The molecule has 3 N–H and O–H groups in total. The normalized spacial score (nSPS) is 26.5. The van der Waals surface area contributed by atoms with Crippen molar-refractivity contribution in [2.75, 3.05) is 24.5 Å². The Morgan fingerprint density at radius 2 is 2.00 bits per heavy atom. The number of benzene rings is 2. The first-order valence-corrected chi connectivity index (χ1v) is 14.0. The van der Waals surface area contributed by atoms with Gasteiger partial charge in [0.05, 0.1) is 16.3 Å². The first-order chi connectivity index (χ1) is 18.5. The first-order valence-electron chi connectivity index (χ1n) is 13.1. The molecule has 9 nitrogen and oxygen atoms in total. The van der Waals surface area contributed by atoms with E-state index in [4.69, 9.17) is 4.74 Å². The number of urea groups is 1. The van der Waals surface area contributed by atoms with Crippen LogP contribution in [0, 0.1) is 12.8 Å². The number of likely N-dealkylation sites (tertiary alicyclic amines) is 1. The number of rotatable bonds is 6. The zero-order valence-corrected chi connectivity index (χ0v) is 22.0. The zero-order valence-electron chi connectivity index (χ0n) is 21.2. The van der Waals surface area contributed by atoms with Gasteiger partial charge >= 0.3 is 6.03 Å². The van der Waals surface area contributed by atoms with E-state index in [0.717, 1.165) is 55.8 Å². The van der Waals surface area contributed by atoms with Crippen molar-refractivity contribution in [1.29, 1.82) is 0 Å². The summed E-state index contributed by atoms with van der Waals surface area (Å²) in [7, 11) is 0. The van der Waals surface area contributed by atoms with Gasteiger partial charge in [-0.15, -0.1) is 0 Å². The van der Waals surface area contributed by atoms with Gasteiger partial charge in [0.2, 0.25) is 6.41 Å². The Morgan fingerprint density at radius 3 is 2.79 bits per heavy atom. The van der Waals surface area contributed by atoms with Crippen LogP contribution in [-0.4, -0.2) is 60.3 Å². The highest BCUT2D eigenvalue weighted by Gasteiger charge is 2.52. The number of carbonyl (C=O) groups is 3. The van der Waals surface area contributed by atoms with Gasteiger partial charge in [-0.1, -0.05) is 30.0 Å². The molecule has 0 spiro atoms. The summed E-state index contributed by atoms with van der Waals surface area (Å²) in [6.45, 7) is 3.98. The summed E-state index contributed by atoms with van der Waals surface area (Å²) in [6.07, 6.45) is 3.32. The number of thioether (sulfide) groups is 1. The Balaban J connectivity index is 1.23. The number of hydrogen-bond donors (Lipinski definition) is 3. The van der Waals surface area contributed by atoms with Crippen molar-refractivity contribution < 1.29 is 19.1 Å². The summed E-state index contributed by atoms with van der Waals surface area (Å²) in [5.41, 5.74) is 2.49. The smallest absolute Gasteiger partial charge is 0.326 e. The van der Waals surface area contributed by atoms with Gasteiger partial charge < -0.3 is 25.6 Å². The predicted molar refractivity (Wildman–Crippen MR) is 146 cm³/mol. The number of anilines is 1. The van der Waals surface area contributed by atoms with E-state index in [1.807, 2.05) is 60.4 Å². The third-order valence-corrected chi connectivity index (χ3v) is 9.05. The molecule has 38 heavy (non-hydrogen) atoms. The molecular weight excluding hydrogens is 502 g/mol. The molecule has 4 amide bonds. The predicted octanol–water partition coefficient (Wildman–Crippen LogP) is 3.32. The molecule has 4 aliphatic heterocycles. The van der Waals surface area contributed by atoms with Crippen LogP contribution in [0.4, 0.5) is 10.5 Å². The highest BCUT2D eigenvalue weighted by molar-refractivity contribution is 8.04. The van der Waals surface area contributed by atoms with Gasteiger partial charge in [0, 0.05) is 36.4 Å². The van der Waals surface area contributed by atoms with Crippen molar-refractivity contribution in [3.8, 4) is 11.5 Å². The lowest BCUT2D eigenvalue weighted by Crippen LogP contribution is -2.62. The molecule has 198 valence electrons. The van der Waals surface area contributed by atoms with Crippen LogP contribution in [0.1, 0.15) is 24.8 Å². The number of carbonyl (C=O) groups excluding carboxylic acids is 3. The average Bonchev–Trinajstić information content (AvgIpc) is 3.30. The maximum atomic E-state index is 13.5. The second-order valence-corrected chi connectivity index (χ2v) is 11.3. The Labute approximate surface area is 226 Å². The molecule has 6 rings (SSSR count). The Kier molecular flexibility index (Phi) is 6.75. The van der Waals surface area contributed by atoms with Gasteiger partial charge in [0.15, 0.2) is 0 Å². The molecular formula is C28H31N5O4S. The molecule has 0 aliphatic carbocycles. The third-order valence-electron chi connectivity index (χ3n) is 7.69. The van der Waals surface area contributed by atoms with Crippen molar-refractivity contribution >= 4 is 35.8 Å². The largest absolute Gasteiger partial charge is 0.457 e. The number of aryl methyl sites for hydroxylation is 1. The standard InChI is InChI=1S/C28H31N5O4S/c1-17-14-20(37-19-7-3-2-4-8-19)9-10-21(17)33-22-11-12-29-27-23(22)24(31-28(33)36)25(38-27)26(35)30-18-6-5-13-32(15-18)16-34/h2-4,7-10,14,16,18,22-23,27,29H,5-6,11-13,15H2,1H3,(H,30,35)(H,31,36)/t18-,22?,23?,27?/m0/s1. The second-order valence-electron chi connectivity index (χ2n) is 10.2. The van der Waals surface area contributed by atoms with Crippen molar-refractivity contribution in [1.82, 2.24) is 20.9 Å². The maximum Gasteiger partial charge on any atom is 0.326 e. The molecule has 0 bridgehead atoms. The average molecular weight is 534 g/mol. The summed E-state index contributed by atoms with van der Waals surface area (Å²) >= 11 is 1.49. The molecule has 2 aromatic rings. The molecule has 0 saturated carbocycles. The minimum Gasteiger partial charge on any atom is -0.457 e. The Bertz CT molecular complexity index is 1290. The van der Waals surface area contributed by atoms with Crippen LogP contribution in [0.25, 0.3) is 0 Å². The third kappa shape index (κ3) is 4.63. The lowest BCUT2D eigenvalue weighted by atomic mass is 9.86. The highest BCUT2D eigenvalue weighted by atomic mass is 32.2. The van der Waals surface area contributed by atoms with Gasteiger partial charge in [-0.05, 0) is 68.6 Å². The fourth-order valence-electron chi connectivity index (χ4n) is 5.96. The van der Waals surface area contributed by atoms with Crippen molar-refractivity contribution in [3.05, 3.63) is 64.7 Å². The molecule has 3 saturated heterocycles. The molecule has 3 unspecified atom stereocenters. The van der Waals surface area contributed by atoms with Crippen LogP contribution in [0.5, 0.6) is 11.5 Å². The lowest BCUT2D eigenvalue weighted by molar-refractivity contribution is -0.122. The zero-order chi connectivity index (χ0) is 26.2. The van der Waals surface area contributed by atoms with Crippen LogP contribution in [0.2, 0.25) is 0 Å².